The summed E-state index contributed by atoms with van der Waals surface area (Å²) in [7, 11) is 0. The topological polar surface area (TPSA) is 55.1 Å². The van der Waals surface area contributed by atoms with Crippen molar-refractivity contribution in [3.8, 4) is 0 Å². The number of benzene rings is 1. The Morgan fingerprint density at radius 3 is 2.71 bits per heavy atom. The molecule has 5 heteroatoms. The van der Waals surface area contributed by atoms with Gasteiger partial charge in [-0.1, -0.05) is 34.5 Å². The molecule has 2 unspecified atom stereocenters. The van der Waals surface area contributed by atoms with E-state index < -0.39 is 0 Å². The predicted molar refractivity (Wildman–Crippen MR) is 90.4 cm³/mol. The van der Waals surface area contributed by atoms with E-state index in [1.54, 1.807) is 0 Å². The van der Waals surface area contributed by atoms with Crippen LogP contribution in [0.25, 0.3) is 0 Å². The van der Waals surface area contributed by atoms with E-state index in [0.29, 0.717) is 0 Å². The Hall–Kier alpha value is -0.580. The molecular weight excluding hydrogens is 352 g/mol. The SMILES string of the molecule is Cl.NC1CCCC(C(=O)NC2(c3cccc(Br)c3)CC2)C1. The van der Waals surface area contributed by atoms with Gasteiger partial charge in [0.2, 0.25) is 5.91 Å². The molecule has 0 aliphatic heterocycles. The molecule has 2 aliphatic rings. The van der Waals surface area contributed by atoms with E-state index in [-0.39, 0.29) is 35.8 Å². The van der Waals surface area contributed by atoms with Crippen LogP contribution >= 0.6 is 28.3 Å². The Kier molecular flexibility index (Phi) is 5.33. The highest BCUT2D eigenvalue weighted by Gasteiger charge is 2.46. The van der Waals surface area contributed by atoms with E-state index >= 15 is 0 Å². The lowest BCUT2D eigenvalue weighted by Gasteiger charge is -2.28. The van der Waals surface area contributed by atoms with Gasteiger partial charge in [0, 0.05) is 16.4 Å². The highest BCUT2D eigenvalue weighted by atomic mass is 79.9. The van der Waals surface area contributed by atoms with Gasteiger partial charge in [-0.2, -0.15) is 0 Å². The molecule has 0 radical (unpaired) electrons. The molecule has 0 spiro atoms. The van der Waals surface area contributed by atoms with E-state index in [1.807, 2.05) is 12.1 Å². The molecule has 116 valence electrons. The number of nitrogens with one attached hydrogen (secondary N) is 1. The van der Waals surface area contributed by atoms with Crippen LogP contribution in [-0.4, -0.2) is 11.9 Å². The first kappa shape index (κ1) is 16.8. The van der Waals surface area contributed by atoms with E-state index in [1.165, 1.54) is 5.56 Å². The molecule has 2 atom stereocenters. The first-order valence-corrected chi connectivity index (χ1v) is 8.22. The van der Waals surface area contributed by atoms with Crippen molar-refractivity contribution in [2.45, 2.75) is 50.1 Å². The highest BCUT2D eigenvalue weighted by molar-refractivity contribution is 9.10. The van der Waals surface area contributed by atoms with Crippen molar-refractivity contribution in [3.05, 3.63) is 34.3 Å². The summed E-state index contributed by atoms with van der Waals surface area (Å²) < 4.78 is 1.07. The second-order valence-corrected chi connectivity index (χ2v) is 7.12. The quantitative estimate of drug-likeness (QED) is 0.852. The number of rotatable bonds is 3. The second kappa shape index (κ2) is 6.67. The standard InChI is InChI=1S/C16H21BrN2O.ClH/c17-13-5-2-4-12(10-13)16(7-8-16)19-15(20)11-3-1-6-14(18)9-11;/h2,4-5,10-11,14H,1,3,6-9,18H2,(H,19,20);1H. The number of halogens is 2. The third-order valence-electron chi connectivity index (χ3n) is 4.58. The first-order chi connectivity index (χ1) is 9.59. The van der Waals surface area contributed by atoms with Gasteiger partial charge in [0.05, 0.1) is 5.54 Å². The van der Waals surface area contributed by atoms with Crippen LogP contribution in [0.5, 0.6) is 0 Å². The molecule has 2 fully saturated rings. The van der Waals surface area contributed by atoms with Crippen molar-refractivity contribution in [1.82, 2.24) is 5.32 Å². The van der Waals surface area contributed by atoms with Gasteiger partial charge in [-0.3, -0.25) is 4.79 Å². The molecule has 0 bridgehead atoms. The minimum absolute atomic E-state index is 0. The van der Waals surface area contributed by atoms with Gasteiger partial charge in [0.25, 0.3) is 0 Å². The molecule has 0 saturated heterocycles. The third-order valence-corrected chi connectivity index (χ3v) is 5.07. The molecule has 1 aromatic carbocycles. The highest BCUT2D eigenvalue weighted by Crippen LogP contribution is 2.46. The fraction of sp³-hybridized carbons (Fsp3) is 0.562. The van der Waals surface area contributed by atoms with E-state index in [2.05, 4.69) is 33.4 Å². The zero-order chi connectivity index (χ0) is 14.2. The van der Waals surface area contributed by atoms with Gasteiger partial charge in [0.1, 0.15) is 0 Å². The molecule has 3 nitrogen and oxygen atoms in total. The van der Waals surface area contributed by atoms with Gasteiger partial charge in [-0.25, -0.2) is 0 Å². The molecule has 0 heterocycles. The monoisotopic (exact) mass is 372 g/mol. The number of hydrogen-bond donors (Lipinski definition) is 2. The molecule has 0 aromatic heterocycles. The lowest BCUT2D eigenvalue weighted by atomic mass is 9.85. The molecule has 2 saturated carbocycles. The summed E-state index contributed by atoms with van der Waals surface area (Å²) in [6.07, 6.45) is 6.01. The fourth-order valence-electron chi connectivity index (χ4n) is 3.20. The van der Waals surface area contributed by atoms with E-state index in [4.69, 9.17) is 5.73 Å². The summed E-state index contributed by atoms with van der Waals surface area (Å²) in [5, 5.41) is 3.29. The smallest absolute Gasteiger partial charge is 0.223 e. The minimum atomic E-state index is -0.123. The summed E-state index contributed by atoms with van der Waals surface area (Å²) in [6.45, 7) is 0. The molecular formula is C16H22BrClN2O. The normalized spacial score (nSPS) is 26.6. The third kappa shape index (κ3) is 3.79. The number of amides is 1. The van der Waals surface area contributed by atoms with Gasteiger partial charge >= 0.3 is 0 Å². The van der Waals surface area contributed by atoms with Crippen LogP contribution in [-0.2, 0) is 10.3 Å². The zero-order valence-electron chi connectivity index (χ0n) is 12.0. The summed E-state index contributed by atoms with van der Waals surface area (Å²) in [5.74, 6) is 0.293. The lowest BCUT2D eigenvalue weighted by Crippen LogP contribution is -2.42. The van der Waals surface area contributed by atoms with Crippen molar-refractivity contribution in [2.75, 3.05) is 0 Å². The van der Waals surface area contributed by atoms with Crippen LogP contribution in [0.4, 0.5) is 0 Å². The van der Waals surface area contributed by atoms with E-state index in [9.17, 15) is 4.79 Å². The summed E-state index contributed by atoms with van der Waals surface area (Å²) in [6, 6.07) is 8.45. The molecule has 1 amide bonds. The van der Waals surface area contributed by atoms with E-state index in [0.717, 1.165) is 43.0 Å². The maximum absolute atomic E-state index is 12.5. The Bertz CT molecular complexity index is 519. The summed E-state index contributed by atoms with van der Waals surface area (Å²) in [4.78, 5) is 12.5. The summed E-state index contributed by atoms with van der Waals surface area (Å²) >= 11 is 3.50. The Morgan fingerprint density at radius 1 is 1.33 bits per heavy atom. The van der Waals surface area contributed by atoms with Gasteiger partial charge in [-0.15, -0.1) is 12.4 Å². The van der Waals surface area contributed by atoms with Crippen molar-refractivity contribution in [2.24, 2.45) is 11.7 Å². The van der Waals surface area contributed by atoms with Crippen molar-refractivity contribution in [3.63, 3.8) is 0 Å². The van der Waals surface area contributed by atoms with Gasteiger partial charge < -0.3 is 11.1 Å². The average molecular weight is 374 g/mol. The average Bonchev–Trinajstić information content (AvgIpc) is 3.20. The largest absolute Gasteiger partial charge is 0.346 e. The number of hydrogen-bond acceptors (Lipinski definition) is 2. The zero-order valence-corrected chi connectivity index (χ0v) is 14.4. The second-order valence-electron chi connectivity index (χ2n) is 6.21. The van der Waals surface area contributed by atoms with Crippen molar-refractivity contribution in [1.29, 1.82) is 0 Å². The number of carbonyl (C=O) groups excluding carboxylic acids is 1. The Balaban J connectivity index is 0.00000161. The van der Waals surface area contributed by atoms with Crippen LogP contribution in [0.1, 0.15) is 44.1 Å². The Labute approximate surface area is 140 Å². The van der Waals surface area contributed by atoms with Crippen LogP contribution in [0, 0.1) is 5.92 Å². The number of carbonyl (C=O) groups is 1. The molecule has 3 rings (SSSR count). The molecule has 2 aliphatic carbocycles. The maximum Gasteiger partial charge on any atom is 0.223 e. The molecule has 3 N–H and O–H groups in total. The fourth-order valence-corrected chi connectivity index (χ4v) is 3.60. The molecule has 21 heavy (non-hydrogen) atoms. The van der Waals surface area contributed by atoms with Gasteiger partial charge in [0.15, 0.2) is 0 Å². The lowest BCUT2D eigenvalue weighted by molar-refractivity contribution is -0.127. The van der Waals surface area contributed by atoms with Crippen molar-refractivity contribution < 1.29 is 4.79 Å². The minimum Gasteiger partial charge on any atom is -0.346 e. The van der Waals surface area contributed by atoms with Crippen LogP contribution in [0.2, 0.25) is 0 Å². The predicted octanol–water partition coefficient (Wildman–Crippen LogP) is 3.49. The first-order valence-electron chi connectivity index (χ1n) is 7.43. The van der Waals surface area contributed by atoms with Crippen LogP contribution in [0.15, 0.2) is 28.7 Å². The van der Waals surface area contributed by atoms with Crippen LogP contribution < -0.4 is 11.1 Å². The van der Waals surface area contributed by atoms with Gasteiger partial charge in [-0.05, 0) is 49.8 Å². The summed E-state index contributed by atoms with van der Waals surface area (Å²) in [5.41, 5.74) is 7.07. The van der Waals surface area contributed by atoms with Crippen LogP contribution in [0.3, 0.4) is 0 Å². The maximum atomic E-state index is 12.5. The molecule has 1 aromatic rings. The van der Waals surface area contributed by atoms with Crippen molar-refractivity contribution >= 4 is 34.2 Å². The Morgan fingerprint density at radius 2 is 2.10 bits per heavy atom. The number of nitrogens with two attached hydrogens (primary N) is 1.